The highest BCUT2D eigenvalue weighted by molar-refractivity contribution is 6.00. The molecule has 1 aromatic carbocycles. The molecule has 1 rings (SSSR count). The number of ether oxygens (including phenoxy) is 2. The lowest BCUT2D eigenvalue weighted by molar-refractivity contribution is 0.101. The second-order valence-electron chi connectivity index (χ2n) is 2.75. The summed E-state index contributed by atoms with van der Waals surface area (Å²) in [6.07, 6.45) is 0. The number of benzene rings is 1. The van der Waals surface area contributed by atoms with Crippen molar-refractivity contribution in [3.05, 3.63) is 17.7 Å². The molecule has 0 saturated heterocycles. The van der Waals surface area contributed by atoms with Gasteiger partial charge in [0.25, 0.3) is 0 Å². The molecule has 14 heavy (non-hydrogen) atoms. The Kier molecular flexibility index (Phi) is 2.96. The predicted molar refractivity (Wildman–Crippen MR) is 51.2 cm³/mol. The largest absolute Gasteiger partial charge is 0.507 e. The molecule has 1 aromatic rings. The summed E-state index contributed by atoms with van der Waals surface area (Å²) in [5.41, 5.74) is 0.145. The van der Waals surface area contributed by atoms with Crippen LogP contribution in [-0.4, -0.2) is 25.1 Å². The second kappa shape index (κ2) is 4.00. The minimum Gasteiger partial charge on any atom is -0.507 e. The van der Waals surface area contributed by atoms with E-state index in [1.807, 2.05) is 0 Å². The zero-order valence-electron chi connectivity index (χ0n) is 8.33. The van der Waals surface area contributed by atoms with Crippen molar-refractivity contribution in [1.82, 2.24) is 0 Å². The third-order valence-corrected chi connectivity index (χ3v) is 1.88. The van der Waals surface area contributed by atoms with Crippen LogP contribution in [0.25, 0.3) is 0 Å². The van der Waals surface area contributed by atoms with Crippen molar-refractivity contribution < 1.29 is 19.4 Å². The van der Waals surface area contributed by atoms with Gasteiger partial charge < -0.3 is 14.6 Å². The van der Waals surface area contributed by atoms with E-state index >= 15 is 0 Å². The van der Waals surface area contributed by atoms with Gasteiger partial charge in [0.2, 0.25) is 0 Å². The van der Waals surface area contributed by atoms with Gasteiger partial charge in [-0.05, 0) is 19.1 Å². The molecule has 0 bridgehead atoms. The number of aromatic hydroxyl groups is 1. The van der Waals surface area contributed by atoms with Gasteiger partial charge in [0.05, 0.1) is 14.2 Å². The molecule has 0 fully saturated rings. The summed E-state index contributed by atoms with van der Waals surface area (Å²) >= 11 is 0. The number of phenols is 1. The number of ketones is 1. The molecule has 0 aliphatic carbocycles. The van der Waals surface area contributed by atoms with E-state index in [4.69, 9.17) is 9.47 Å². The number of rotatable bonds is 3. The van der Waals surface area contributed by atoms with Crippen molar-refractivity contribution in [3.8, 4) is 17.2 Å². The number of phenolic OH excluding ortho intramolecular Hbond substituents is 1. The van der Waals surface area contributed by atoms with Crippen LogP contribution < -0.4 is 9.47 Å². The summed E-state index contributed by atoms with van der Waals surface area (Å²) in [6.45, 7) is 1.36. The fraction of sp³-hybridized carbons (Fsp3) is 0.300. The molecule has 0 saturated carbocycles. The number of hydrogen-bond acceptors (Lipinski definition) is 4. The molecule has 0 heterocycles. The van der Waals surface area contributed by atoms with Gasteiger partial charge >= 0.3 is 0 Å². The second-order valence-corrected chi connectivity index (χ2v) is 2.75. The van der Waals surface area contributed by atoms with Crippen molar-refractivity contribution in [2.45, 2.75) is 6.92 Å². The van der Waals surface area contributed by atoms with Crippen LogP contribution in [0.1, 0.15) is 17.3 Å². The molecule has 1 N–H and O–H groups in total. The van der Waals surface area contributed by atoms with Crippen LogP contribution in [0.5, 0.6) is 17.2 Å². The van der Waals surface area contributed by atoms with Crippen LogP contribution in [0.4, 0.5) is 0 Å². The van der Waals surface area contributed by atoms with E-state index in [9.17, 15) is 9.90 Å². The molecule has 0 aromatic heterocycles. The first-order valence-corrected chi connectivity index (χ1v) is 4.06. The van der Waals surface area contributed by atoms with Gasteiger partial charge in [-0.1, -0.05) is 0 Å². The molecular weight excluding hydrogens is 184 g/mol. The summed E-state index contributed by atoms with van der Waals surface area (Å²) in [5, 5.41) is 9.46. The highest BCUT2D eigenvalue weighted by Crippen LogP contribution is 2.36. The molecule has 4 heteroatoms. The molecular formula is C10H12O4. The summed E-state index contributed by atoms with van der Waals surface area (Å²) < 4.78 is 10.00. The minimum absolute atomic E-state index is 0.102. The molecule has 0 amide bonds. The molecule has 0 aliphatic rings. The molecule has 0 unspecified atom stereocenters. The van der Waals surface area contributed by atoms with Crippen LogP contribution >= 0.6 is 0 Å². The van der Waals surface area contributed by atoms with Gasteiger partial charge in [0.15, 0.2) is 17.3 Å². The molecule has 0 atom stereocenters. The Hall–Kier alpha value is -1.71. The Morgan fingerprint density at radius 3 is 2.36 bits per heavy atom. The maximum atomic E-state index is 11.2. The Balaban J connectivity index is 3.42. The van der Waals surface area contributed by atoms with Crippen molar-refractivity contribution in [1.29, 1.82) is 0 Å². The first-order chi connectivity index (χ1) is 6.61. The summed E-state index contributed by atoms with van der Waals surface area (Å²) in [4.78, 5) is 11.2. The first-order valence-electron chi connectivity index (χ1n) is 4.06. The third-order valence-electron chi connectivity index (χ3n) is 1.88. The topological polar surface area (TPSA) is 55.8 Å². The normalized spacial score (nSPS) is 9.64. The summed E-state index contributed by atoms with van der Waals surface area (Å²) in [7, 11) is 2.89. The lowest BCUT2D eigenvalue weighted by Crippen LogP contribution is -2.00. The van der Waals surface area contributed by atoms with Gasteiger partial charge in [-0.15, -0.1) is 0 Å². The fourth-order valence-electron chi connectivity index (χ4n) is 1.26. The highest BCUT2D eigenvalue weighted by Gasteiger charge is 2.17. The number of carbonyl (C=O) groups is 1. The van der Waals surface area contributed by atoms with E-state index in [2.05, 4.69) is 0 Å². The van der Waals surface area contributed by atoms with Crippen LogP contribution in [0.2, 0.25) is 0 Å². The van der Waals surface area contributed by atoms with E-state index in [1.54, 1.807) is 6.07 Å². The SMILES string of the molecule is COc1ccc(O)c(C(C)=O)c1OC. The maximum Gasteiger partial charge on any atom is 0.175 e. The van der Waals surface area contributed by atoms with Crippen molar-refractivity contribution in [2.75, 3.05) is 14.2 Å². The van der Waals surface area contributed by atoms with Gasteiger partial charge in [-0.2, -0.15) is 0 Å². The Morgan fingerprint density at radius 2 is 1.93 bits per heavy atom. The number of methoxy groups -OCH3 is 2. The summed E-state index contributed by atoms with van der Waals surface area (Å²) in [6, 6.07) is 2.94. The van der Waals surface area contributed by atoms with Crippen molar-refractivity contribution >= 4 is 5.78 Å². The molecule has 0 spiro atoms. The van der Waals surface area contributed by atoms with E-state index in [0.717, 1.165) is 0 Å². The Bertz CT molecular complexity index is 357. The number of carbonyl (C=O) groups excluding carboxylic acids is 1. The van der Waals surface area contributed by atoms with Gasteiger partial charge in [0.1, 0.15) is 11.3 Å². The fourth-order valence-corrected chi connectivity index (χ4v) is 1.26. The lowest BCUT2D eigenvalue weighted by Gasteiger charge is -2.11. The van der Waals surface area contributed by atoms with Gasteiger partial charge in [0, 0.05) is 0 Å². The zero-order valence-corrected chi connectivity index (χ0v) is 8.33. The molecule has 0 aliphatic heterocycles. The van der Waals surface area contributed by atoms with Gasteiger partial charge in [-0.3, -0.25) is 4.79 Å². The maximum absolute atomic E-state index is 11.2. The van der Waals surface area contributed by atoms with E-state index in [1.165, 1.54) is 27.2 Å². The molecule has 76 valence electrons. The Morgan fingerprint density at radius 1 is 1.29 bits per heavy atom. The monoisotopic (exact) mass is 196 g/mol. The first kappa shape index (κ1) is 10.4. The van der Waals surface area contributed by atoms with E-state index in [0.29, 0.717) is 5.75 Å². The van der Waals surface area contributed by atoms with Crippen molar-refractivity contribution in [2.24, 2.45) is 0 Å². The lowest BCUT2D eigenvalue weighted by atomic mass is 10.1. The van der Waals surface area contributed by atoms with Crippen LogP contribution in [-0.2, 0) is 0 Å². The standard InChI is InChI=1S/C10H12O4/c1-6(11)9-7(12)4-5-8(13-2)10(9)14-3/h4-5,12H,1-3H3. The quantitative estimate of drug-likeness (QED) is 0.746. The highest BCUT2D eigenvalue weighted by atomic mass is 16.5. The Labute approximate surface area is 82.1 Å². The minimum atomic E-state index is -0.266. The predicted octanol–water partition coefficient (Wildman–Crippen LogP) is 1.61. The molecule has 4 nitrogen and oxygen atoms in total. The molecule has 0 radical (unpaired) electrons. The summed E-state index contributed by atoms with van der Waals surface area (Å²) in [5.74, 6) is 0.323. The van der Waals surface area contributed by atoms with Crippen LogP contribution in [0.15, 0.2) is 12.1 Å². The third kappa shape index (κ3) is 1.64. The number of hydrogen-bond donors (Lipinski definition) is 1. The van der Waals surface area contributed by atoms with Crippen LogP contribution in [0.3, 0.4) is 0 Å². The number of Topliss-reactive ketones (excluding diaryl/α,β-unsaturated/α-hetero) is 1. The van der Waals surface area contributed by atoms with E-state index in [-0.39, 0.29) is 22.8 Å². The average Bonchev–Trinajstić information content (AvgIpc) is 2.16. The average molecular weight is 196 g/mol. The smallest absolute Gasteiger partial charge is 0.175 e. The zero-order chi connectivity index (χ0) is 10.7. The van der Waals surface area contributed by atoms with Crippen molar-refractivity contribution in [3.63, 3.8) is 0 Å². The van der Waals surface area contributed by atoms with Crippen LogP contribution in [0, 0.1) is 0 Å². The van der Waals surface area contributed by atoms with Gasteiger partial charge in [-0.25, -0.2) is 0 Å². The van der Waals surface area contributed by atoms with E-state index < -0.39 is 0 Å².